The Balaban J connectivity index is 2.16. The van der Waals surface area contributed by atoms with Crippen molar-refractivity contribution in [1.29, 1.82) is 0 Å². The molecule has 1 fully saturated rings. The Morgan fingerprint density at radius 3 is 2.88 bits per heavy atom. The molecule has 1 aliphatic carbocycles. The molecule has 0 amide bonds. The molecular weight excluding hydrogens is 238 g/mol. The number of hydrogen-bond donors (Lipinski definition) is 1. The van der Waals surface area contributed by atoms with Crippen LogP contribution in [0.25, 0.3) is 0 Å². The van der Waals surface area contributed by atoms with E-state index in [1.807, 2.05) is 7.05 Å². The third-order valence-corrected chi connectivity index (χ3v) is 4.20. The molecule has 0 aliphatic heterocycles. The van der Waals surface area contributed by atoms with Crippen molar-refractivity contribution in [2.75, 3.05) is 31.3 Å². The molecule has 0 bridgehead atoms. The van der Waals surface area contributed by atoms with Crippen LogP contribution in [-0.2, 0) is 4.74 Å². The second-order valence-corrected chi connectivity index (χ2v) is 5.34. The molecule has 0 aromatic carbocycles. The van der Waals surface area contributed by atoms with E-state index in [4.69, 9.17) is 10.5 Å². The summed E-state index contributed by atoms with van der Waals surface area (Å²) in [5, 5.41) is 0.799. The molecule has 94 valence electrons. The van der Waals surface area contributed by atoms with Crippen LogP contribution in [0.2, 0.25) is 0 Å². The van der Waals surface area contributed by atoms with Crippen LogP contribution in [0.15, 0.2) is 0 Å². The van der Waals surface area contributed by atoms with Crippen molar-refractivity contribution in [3.05, 3.63) is 5.56 Å². The van der Waals surface area contributed by atoms with Crippen LogP contribution in [0.5, 0.6) is 0 Å². The Hall–Kier alpha value is -1.30. The molecule has 2 atom stereocenters. The van der Waals surface area contributed by atoms with Gasteiger partial charge in [-0.15, -0.1) is 0 Å². The molecule has 1 heterocycles. The predicted octanol–water partition coefficient (Wildman–Crippen LogP) is 1.60. The molecule has 5 nitrogen and oxygen atoms in total. The number of methoxy groups -OCH3 is 1. The molecule has 2 rings (SSSR count). The smallest absolute Gasteiger partial charge is 0.344 e. The van der Waals surface area contributed by atoms with Crippen LogP contribution < -0.4 is 10.6 Å². The molecule has 0 radical (unpaired) electrons. The number of ether oxygens (including phenoxy) is 1. The van der Waals surface area contributed by atoms with E-state index in [1.54, 1.807) is 0 Å². The highest BCUT2D eigenvalue weighted by Gasteiger charge is 2.34. The van der Waals surface area contributed by atoms with Gasteiger partial charge in [0.05, 0.1) is 7.11 Å². The summed E-state index contributed by atoms with van der Waals surface area (Å²) in [4.78, 5) is 13.7. The molecule has 1 aromatic rings. The average molecular weight is 255 g/mol. The zero-order valence-corrected chi connectivity index (χ0v) is 11.1. The lowest BCUT2D eigenvalue weighted by Gasteiger charge is -2.17. The first-order valence-corrected chi connectivity index (χ1v) is 6.36. The van der Waals surface area contributed by atoms with Gasteiger partial charge in [-0.1, -0.05) is 6.92 Å². The summed E-state index contributed by atoms with van der Waals surface area (Å²) < 4.78 is 8.76. The van der Waals surface area contributed by atoms with Crippen LogP contribution >= 0.6 is 11.5 Å². The van der Waals surface area contributed by atoms with Gasteiger partial charge in [-0.3, -0.25) is 0 Å². The SMILES string of the molecule is COC(=O)c1c(N)nsc1N(C)CC1CC1C. The fourth-order valence-electron chi connectivity index (χ4n) is 1.94. The van der Waals surface area contributed by atoms with Gasteiger partial charge < -0.3 is 15.4 Å². The first-order valence-electron chi connectivity index (χ1n) is 5.59. The highest BCUT2D eigenvalue weighted by Crippen LogP contribution is 2.40. The summed E-state index contributed by atoms with van der Waals surface area (Å²) in [5.41, 5.74) is 6.10. The van der Waals surface area contributed by atoms with Crippen LogP contribution in [0, 0.1) is 11.8 Å². The van der Waals surface area contributed by atoms with Gasteiger partial charge in [-0.25, -0.2) is 4.79 Å². The summed E-state index contributed by atoms with van der Waals surface area (Å²) in [6.07, 6.45) is 1.26. The number of carbonyl (C=O) groups excluding carboxylic acids is 1. The molecule has 0 spiro atoms. The summed E-state index contributed by atoms with van der Waals surface area (Å²) in [6, 6.07) is 0. The lowest BCUT2D eigenvalue weighted by atomic mass is 10.2. The van der Waals surface area contributed by atoms with Crippen LogP contribution in [0.4, 0.5) is 10.8 Å². The van der Waals surface area contributed by atoms with Crippen molar-refractivity contribution >= 4 is 28.3 Å². The number of nitrogens with zero attached hydrogens (tertiary/aromatic N) is 2. The topological polar surface area (TPSA) is 68.5 Å². The summed E-state index contributed by atoms with van der Waals surface area (Å²) >= 11 is 1.25. The molecule has 17 heavy (non-hydrogen) atoms. The van der Waals surface area contributed by atoms with Crippen molar-refractivity contribution in [2.45, 2.75) is 13.3 Å². The number of rotatable bonds is 4. The van der Waals surface area contributed by atoms with E-state index < -0.39 is 5.97 Å². The molecular formula is C11H17N3O2S. The first kappa shape index (κ1) is 12.2. The van der Waals surface area contributed by atoms with Crippen LogP contribution in [0.1, 0.15) is 23.7 Å². The van der Waals surface area contributed by atoms with Gasteiger partial charge >= 0.3 is 5.97 Å². The highest BCUT2D eigenvalue weighted by molar-refractivity contribution is 7.11. The Kier molecular flexibility index (Phi) is 3.24. The number of anilines is 2. The lowest BCUT2D eigenvalue weighted by molar-refractivity contribution is 0.0603. The second-order valence-electron chi connectivity index (χ2n) is 4.59. The van der Waals surface area contributed by atoms with Gasteiger partial charge in [0.25, 0.3) is 0 Å². The van der Waals surface area contributed by atoms with Crippen molar-refractivity contribution in [2.24, 2.45) is 11.8 Å². The quantitative estimate of drug-likeness (QED) is 0.828. The summed E-state index contributed by atoms with van der Waals surface area (Å²) in [5.74, 6) is 1.34. The largest absolute Gasteiger partial charge is 0.465 e. The predicted molar refractivity (Wildman–Crippen MR) is 68.4 cm³/mol. The normalized spacial score (nSPS) is 22.3. The first-order chi connectivity index (χ1) is 8.04. The van der Waals surface area contributed by atoms with Gasteiger partial charge in [0.1, 0.15) is 10.6 Å². The number of carbonyl (C=O) groups is 1. The molecule has 1 aromatic heterocycles. The number of aromatic nitrogens is 1. The zero-order chi connectivity index (χ0) is 12.6. The van der Waals surface area contributed by atoms with E-state index in [0.717, 1.165) is 17.5 Å². The number of esters is 1. The van der Waals surface area contributed by atoms with Crippen molar-refractivity contribution < 1.29 is 9.53 Å². The van der Waals surface area contributed by atoms with Gasteiger partial charge in [0.2, 0.25) is 0 Å². The number of nitrogen functional groups attached to an aromatic ring is 1. The molecule has 6 heteroatoms. The maximum absolute atomic E-state index is 11.6. The van der Waals surface area contributed by atoms with E-state index in [9.17, 15) is 4.79 Å². The Morgan fingerprint density at radius 1 is 1.71 bits per heavy atom. The van der Waals surface area contributed by atoms with E-state index in [2.05, 4.69) is 16.2 Å². The fraction of sp³-hybridized carbons (Fsp3) is 0.636. The minimum atomic E-state index is -0.415. The van der Waals surface area contributed by atoms with Gasteiger partial charge in [-0.05, 0) is 29.8 Å². The van der Waals surface area contributed by atoms with E-state index in [-0.39, 0.29) is 5.82 Å². The maximum Gasteiger partial charge on any atom is 0.344 e. The van der Waals surface area contributed by atoms with E-state index in [1.165, 1.54) is 25.1 Å². The Bertz CT molecular complexity index is 432. The van der Waals surface area contributed by atoms with Crippen molar-refractivity contribution in [3.63, 3.8) is 0 Å². The Labute approximate surface area is 105 Å². The number of nitrogens with two attached hydrogens (primary N) is 1. The standard InChI is InChI=1S/C11H17N3O2S/c1-6-4-7(6)5-14(2)10-8(11(15)16-3)9(12)13-17-10/h6-7H,4-5H2,1-3H3,(H2,12,13). The lowest BCUT2D eigenvalue weighted by Crippen LogP contribution is -2.22. The third-order valence-electron chi connectivity index (χ3n) is 3.22. The average Bonchev–Trinajstić information content (AvgIpc) is 2.84. The molecule has 2 unspecified atom stereocenters. The second kappa shape index (κ2) is 4.52. The van der Waals surface area contributed by atoms with Crippen molar-refractivity contribution in [1.82, 2.24) is 4.37 Å². The van der Waals surface area contributed by atoms with Gasteiger partial charge in [0, 0.05) is 13.6 Å². The summed E-state index contributed by atoms with van der Waals surface area (Å²) in [6.45, 7) is 3.17. The summed E-state index contributed by atoms with van der Waals surface area (Å²) in [7, 11) is 3.32. The van der Waals surface area contributed by atoms with Gasteiger partial charge in [-0.2, -0.15) is 4.37 Å². The minimum absolute atomic E-state index is 0.257. The number of hydrogen-bond acceptors (Lipinski definition) is 6. The van der Waals surface area contributed by atoms with Crippen LogP contribution in [0.3, 0.4) is 0 Å². The zero-order valence-electron chi connectivity index (χ0n) is 10.3. The van der Waals surface area contributed by atoms with E-state index >= 15 is 0 Å². The fourth-order valence-corrected chi connectivity index (χ4v) is 2.71. The third kappa shape index (κ3) is 2.36. The monoisotopic (exact) mass is 255 g/mol. The molecule has 2 N–H and O–H groups in total. The van der Waals surface area contributed by atoms with Crippen LogP contribution in [-0.4, -0.2) is 31.0 Å². The Morgan fingerprint density at radius 2 is 2.35 bits per heavy atom. The highest BCUT2D eigenvalue weighted by atomic mass is 32.1. The maximum atomic E-state index is 11.6. The molecule has 0 saturated heterocycles. The minimum Gasteiger partial charge on any atom is -0.465 e. The molecule has 1 saturated carbocycles. The van der Waals surface area contributed by atoms with Crippen molar-refractivity contribution in [3.8, 4) is 0 Å². The molecule has 1 aliphatic rings. The van der Waals surface area contributed by atoms with E-state index in [0.29, 0.717) is 11.5 Å². The van der Waals surface area contributed by atoms with Gasteiger partial charge in [0.15, 0.2) is 5.82 Å².